The molecule has 2 aromatic carbocycles. The number of aliphatic hydroxyl groups excluding tert-OH is 1. The summed E-state index contributed by atoms with van der Waals surface area (Å²) in [5.74, 6) is -1.74. The number of nitrogens with one attached hydrogen (secondary N) is 3. The number of aromatic nitrogens is 1. The normalized spacial score (nSPS) is 11.4. The number of pyridine rings is 1. The minimum Gasteiger partial charge on any atom is -0.481 e. The van der Waals surface area contributed by atoms with E-state index in [2.05, 4.69) is 43.3 Å². The third-order valence-corrected chi connectivity index (χ3v) is 7.19. The largest absolute Gasteiger partial charge is 0.481 e. The maximum absolute atomic E-state index is 13.4. The lowest BCUT2D eigenvalue weighted by atomic mass is 9.74. The van der Waals surface area contributed by atoms with Crippen molar-refractivity contribution >= 4 is 29.3 Å². The van der Waals surface area contributed by atoms with Crippen LogP contribution < -0.4 is 21.1 Å². The molecule has 0 fully saturated rings. The monoisotopic (exact) mass is 603 g/mol. The Balaban J connectivity index is 1.96. The maximum atomic E-state index is 13.4. The van der Waals surface area contributed by atoms with E-state index in [-0.39, 0.29) is 52.8 Å². The Labute approximate surface area is 257 Å². The van der Waals surface area contributed by atoms with Crippen LogP contribution in [0.25, 0.3) is 11.1 Å². The molecule has 11 nitrogen and oxygen atoms in total. The van der Waals surface area contributed by atoms with Crippen molar-refractivity contribution in [1.29, 1.82) is 5.41 Å². The highest BCUT2D eigenvalue weighted by atomic mass is 16.5. The van der Waals surface area contributed by atoms with E-state index in [1.807, 2.05) is 0 Å². The molecule has 234 valence electrons. The number of carbonyl (C=O) groups is 3. The van der Waals surface area contributed by atoms with E-state index in [0.29, 0.717) is 23.1 Å². The lowest BCUT2D eigenvalue weighted by Gasteiger charge is -2.35. The Morgan fingerprint density at radius 2 is 1.52 bits per heavy atom. The number of ether oxygens (including phenoxy) is 1. The molecule has 2 amide bonds. The number of rotatable bonds is 14. The summed E-state index contributed by atoms with van der Waals surface area (Å²) in [6.45, 7) is 8.42. The maximum Gasteiger partial charge on any atom is 0.336 e. The number of benzene rings is 2. The van der Waals surface area contributed by atoms with Crippen LogP contribution in [0.4, 0.5) is 5.69 Å². The number of anilines is 1. The van der Waals surface area contributed by atoms with Gasteiger partial charge in [0.2, 0.25) is 5.88 Å². The molecule has 0 aliphatic carbocycles. The topological polar surface area (TPSA) is 188 Å². The van der Waals surface area contributed by atoms with E-state index in [9.17, 15) is 24.6 Å². The first-order chi connectivity index (χ1) is 20.8. The van der Waals surface area contributed by atoms with Crippen molar-refractivity contribution in [3.63, 3.8) is 0 Å². The van der Waals surface area contributed by atoms with Crippen LogP contribution in [-0.2, 0) is 0 Å². The number of hydrogen-bond donors (Lipinski definition) is 6. The lowest BCUT2D eigenvalue weighted by Crippen LogP contribution is -2.42. The summed E-state index contributed by atoms with van der Waals surface area (Å²) in [6.07, 6.45) is 1.44. The first kappa shape index (κ1) is 33.7. The summed E-state index contributed by atoms with van der Waals surface area (Å²) >= 11 is 0. The number of carbonyl (C=O) groups excluding carboxylic acids is 2. The standard InChI is InChI=1S/C33H41N5O6/c1-19(2)15-33(18-39,16-20(3)4)17-36-30(40)22-8-11-24(26(14-22)32(42)43)25-12-13-27(44-5)38-28(25)31(41)37-23-9-6-21(7-10-23)29(34)35/h6-14,19-20,39H,15-18H2,1-5H3,(H3,34,35)(H,36,40)(H,37,41)(H,42,43). The quantitative estimate of drug-likeness (QED) is 0.112. The van der Waals surface area contributed by atoms with E-state index >= 15 is 0 Å². The number of nitrogens with two attached hydrogens (primary N) is 1. The molecule has 1 heterocycles. The van der Waals surface area contributed by atoms with Gasteiger partial charge in [-0.3, -0.25) is 15.0 Å². The van der Waals surface area contributed by atoms with E-state index < -0.39 is 23.2 Å². The number of nitrogens with zero attached hydrogens (tertiary/aromatic N) is 1. The summed E-state index contributed by atoms with van der Waals surface area (Å²) < 4.78 is 5.21. The van der Waals surface area contributed by atoms with Gasteiger partial charge in [-0.1, -0.05) is 33.8 Å². The van der Waals surface area contributed by atoms with Crippen LogP contribution in [0.2, 0.25) is 0 Å². The number of nitrogen functional groups attached to an aromatic ring is 1. The zero-order chi connectivity index (χ0) is 32.6. The number of carboxylic acid groups (broad SMARTS) is 1. The second-order valence-corrected chi connectivity index (χ2v) is 11.8. The third kappa shape index (κ3) is 8.41. The smallest absolute Gasteiger partial charge is 0.336 e. The van der Waals surface area contributed by atoms with E-state index in [1.54, 1.807) is 24.3 Å². The Morgan fingerprint density at radius 1 is 0.932 bits per heavy atom. The number of hydrogen-bond acceptors (Lipinski definition) is 7. The zero-order valence-corrected chi connectivity index (χ0v) is 25.7. The molecular formula is C33H41N5O6. The molecule has 0 bridgehead atoms. The SMILES string of the molecule is COc1ccc(-c2ccc(C(=O)NCC(CO)(CC(C)C)CC(C)C)cc2C(=O)O)c(C(=O)Nc2ccc(C(=N)N)cc2)n1. The number of aromatic carboxylic acids is 1. The molecule has 44 heavy (non-hydrogen) atoms. The highest BCUT2D eigenvalue weighted by molar-refractivity contribution is 6.10. The lowest BCUT2D eigenvalue weighted by molar-refractivity contribution is 0.0687. The van der Waals surface area contributed by atoms with Gasteiger partial charge in [0.1, 0.15) is 11.5 Å². The molecule has 0 saturated carbocycles. The number of amides is 2. The van der Waals surface area contributed by atoms with E-state index in [4.69, 9.17) is 15.9 Å². The Hall–Kier alpha value is -4.77. The molecule has 0 aliphatic heterocycles. The zero-order valence-electron chi connectivity index (χ0n) is 25.7. The van der Waals surface area contributed by atoms with Crippen LogP contribution in [0.15, 0.2) is 54.6 Å². The number of amidine groups is 1. The first-order valence-corrected chi connectivity index (χ1v) is 14.4. The molecule has 0 unspecified atom stereocenters. The molecule has 0 aliphatic rings. The summed E-state index contributed by atoms with van der Waals surface area (Å²) in [4.78, 5) is 43.3. The molecule has 0 saturated heterocycles. The first-order valence-electron chi connectivity index (χ1n) is 14.4. The number of carboxylic acids is 1. The van der Waals surface area contributed by atoms with Crippen molar-refractivity contribution in [1.82, 2.24) is 10.3 Å². The Kier molecular flexibility index (Phi) is 11.2. The van der Waals surface area contributed by atoms with E-state index in [1.165, 1.54) is 37.4 Å². The van der Waals surface area contributed by atoms with Crippen LogP contribution in [0.5, 0.6) is 5.88 Å². The molecule has 7 N–H and O–H groups in total. The highest BCUT2D eigenvalue weighted by Crippen LogP contribution is 2.33. The summed E-state index contributed by atoms with van der Waals surface area (Å²) in [5.41, 5.74) is 6.16. The van der Waals surface area contributed by atoms with Gasteiger partial charge in [0, 0.05) is 40.4 Å². The van der Waals surface area contributed by atoms with Gasteiger partial charge in [0.05, 0.1) is 19.3 Å². The van der Waals surface area contributed by atoms with Gasteiger partial charge >= 0.3 is 5.97 Å². The van der Waals surface area contributed by atoms with Gasteiger partial charge < -0.3 is 31.3 Å². The number of methoxy groups -OCH3 is 1. The van der Waals surface area contributed by atoms with Gasteiger partial charge in [-0.2, -0.15) is 0 Å². The van der Waals surface area contributed by atoms with Crippen molar-refractivity contribution < 1.29 is 29.3 Å². The van der Waals surface area contributed by atoms with Gasteiger partial charge in [0.25, 0.3) is 11.8 Å². The molecular weight excluding hydrogens is 562 g/mol. The summed E-state index contributed by atoms with van der Waals surface area (Å²) in [6, 6.07) is 13.6. The second kappa shape index (κ2) is 14.6. The van der Waals surface area contributed by atoms with E-state index in [0.717, 1.165) is 12.8 Å². The molecule has 0 radical (unpaired) electrons. The second-order valence-electron chi connectivity index (χ2n) is 11.8. The fourth-order valence-corrected chi connectivity index (χ4v) is 5.48. The molecule has 3 rings (SSSR count). The highest BCUT2D eigenvalue weighted by Gasteiger charge is 2.32. The molecule has 0 atom stereocenters. The van der Waals surface area contributed by atoms with Crippen LogP contribution in [0.3, 0.4) is 0 Å². The average molecular weight is 604 g/mol. The van der Waals surface area contributed by atoms with Crippen LogP contribution >= 0.6 is 0 Å². The van der Waals surface area contributed by atoms with Gasteiger partial charge in [-0.25, -0.2) is 9.78 Å². The number of aliphatic hydroxyl groups is 1. The Bertz CT molecular complexity index is 1510. The van der Waals surface area contributed by atoms with Crippen LogP contribution in [-0.4, -0.2) is 59.1 Å². The van der Waals surface area contributed by atoms with Crippen molar-refractivity contribution in [3.8, 4) is 17.0 Å². The predicted octanol–water partition coefficient (Wildman–Crippen LogP) is 4.79. The van der Waals surface area contributed by atoms with Crippen LogP contribution in [0.1, 0.15) is 77.3 Å². The summed E-state index contributed by atoms with van der Waals surface area (Å²) in [5, 5.41) is 33.6. The van der Waals surface area contributed by atoms with Gasteiger partial charge in [-0.15, -0.1) is 0 Å². The fourth-order valence-electron chi connectivity index (χ4n) is 5.48. The van der Waals surface area contributed by atoms with Gasteiger partial charge in [0.15, 0.2) is 0 Å². The Morgan fingerprint density at radius 3 is 2.05 bits per heavy atom. The summed E-state index contributed by atoms with van der Waals surface area (Å²) in [7, 11) is 1.40. The average Bonchev–Trinajstić information content (AvgIpc) is 2.98. The van der Waals surface area contributed by atoms with Crippen molar-refractivity contribution in [2.24, 2.45) is 23.0 Å². The van der Waals surface area contributed by atoms with Crippen molar-refractivity contribution in [2.75, 3.05) is 25.6 Å². The minimum atomic E-state index is -1.29. The fraction of sp³-hybridized carbons (Fsp3) is 0.364. The van der Waals surface area contributed by atoms with Crippen molar-refractivity contribution in [3.05, 3.63) is 77.0 Å². The molecule has 3 aromatic rings. The predicted molar refractivity (Wildman–Crippen MR) is 169 cm³/mol. The minimum absolute atomic E-state index is 0.0842. The third-order valence-electron chi connectivity index (χ3n) is 7.19. The molecule has 0 spiro atoms. The van der Waals surface area contributed by atoms with Gasteiger partial charge in [-0.05, 0) is 72.7 Å². The molecule has 11 heteroatoms. The van der Waals surface area contributed by atoms with Crippen molar-refractivity contribution in [2.45, 2.75) is 40.5 Å². The van der Waals surface area contributed by atoms with Crippen LogP contribution in [0, 0.1) is 22.7 Å². The molecule has 1 aromatic heterocycles.